The minimum Gasteiger partial charge on any atom is -0.497 e. The Hall–Kier alpha value is -2.83. The van der Waals surface area contributed by atoms with Crippen molar-refractivity contribution in [2.75, 3.05) is 19.5 Å². The number of amides is 1. The average molecular weight is 289 g/mol. The normalized spacial score (nSPS) is 10.0. The number of carbonyl (C=O) groups is 2. The van der Waals surface area contributed by atoms with Gasteiger partial charge >= 0.3 is 5.97 Å². The minimum atomic E-state index is -0.411. The summed E-state index contributed by atoms with van der Waals surface area (Å²) in [6.45, 7) is -0.00505. The highest BCUT2D eigenvalue weighted by Crippen LogP contribution is 2.13. The van der Waals surface area contributed by atoms with Crippen LogP contribution >= 0.6 is 0 Å². The third-order valence-electron chi connectivity index (χ3n) is 2.76. The molecular formula is C14H15N3O4. The number of nitrogens with zero attached hydrogens (tertiary/aromatic N) is 2. The van der Waals surface area contributed by atoms with Crippen LogP contribution < -0.4 is 10.1 Å². The molecule has 0 fully saturated rings. The predicted octanol–water partition coefficient (Wildman–Crippen LogP) is 1.32. The summed E-state index contributed by atoms with van der Waals surface area (Å²) in [5, 5.41) is 6.65. The summed E-state index contributed by atoms with van der Waals surface area (Å²) in [7, 11) is 2.86. The number of ether oxygens (including phenoxy) is 2. The monoisotopic (exact) mass is 289 g/mol. The maximum Gasteiger partial charge on any atom is 0.327 e. The van der Waals surface area contributed by atoms with Gasteiger partial charge in [0.05, 0.1) is 26.1 Å². The fourth-order valence-electron chi connectivity index (χ4n) is 1.66. The van der Waals surface area contributed by atoms with Crippen molar-refractivity contribution < 1.29 is 19.1 Å². The first-order valence-corrected chi connectivity index (χ1v) is 6.17. The van der Waals surface area contributed by atoms with Crippen LogP contribution in [0, 0.1) is 0 Å². The molecule has 1 heterocycles. The lowest BCUT2D eigenvalue weighted by Crippen LogP contribution is -2.12. The van der Waals surface area contributed by atoms with Crippen molar-refractivity contribution in [3.63, 3.8) is 0 Å². The third kappa shape index (κ3) is 3.82. The maximum atomic E-state index is 12.0. The number of aromatic nitrogens is 2. The number of hydrogen-bond donors (Lipinski definition) is 1. The fraction of sp³-hybridized carbons (Fsp3) is 0.214. The fourth-order valence-corrected chi connectivity index (χ4v) is 1.66. The Balaban J connectivity index is 2.00. The molecule has 1 aromatic heterocycles. The molecule has 2 aromatic rings. The Bertz CT molecular complexity index is 634. The summed E-state index contributed by atoms with van der Waals surface area (Å²) in [6.07, 6.45) is 3.02. The van der Waals surface area contributed by atoms with Gasteiger partial charge in [-0.2, -0.15) is 5.10 Å². The van der Waals surface area contributed by atoms with Crippen molar-refractivity contribution in [1.29, 1.82) is 0 Å². The molecule has 1 amide bonds. The molecule has 0 unspecified atom stereocenters. The van der Waals surface area contributed by atoms with Crippen molar-refractivity contribution >= 4 is 17.6 Å². The maximum absolute atomic E-state index is 12.0. The molecule has 0 aliphatic rings. The van der Waals surface area contributed by atoms with E-state index >= 15 is 0 Å². The van der Waals surface area contributed by atoms with E-state index in [2.05, 4.69) is 15.2 Å². The Kier molecular flexibility index (Phi) is 4.55. The summed E-state index contributed by atoms with van der Waals surface area (Å²) < 4.78 is 11.0. The van der Waals surface area contributed by atoms with Crippen molar-refractivity contribution in [2.45, 2.75) is 6.54 Å². The number of esters is 1. The SMILES string of the molecule is COC(=O)Cn1cc(NC(=O)c2ccc(OC)cc2)cn1. The molecular weight excluding hydrogens is 274 g/mol. The first-order valence-electron chi connectivity index (χ1n) is 6.17. The van der Waals surface area contributed by atoms with E-state index in [0.29, 0.717) is 17.0 Å². The minimum absolute atomic E-state index is 0.00505. The summed E-state index contributed by atoms with van der Waals surface area (Å²) in [5.41, 5.74) is 0.997. The van der Waals surface area contributed by atoms with Gasteiger partial charge in [0, 0.05) is 11.8 Å². The summed E-state index contributed by atoms with van der Waals surface area (Å²) in [4.78, 5) is 23.1. The van der Waals surface area contributed by atoms with Crippen LogP contribution in [0.5, 0.6) is 5.75 Å². The van der Waals surface area contributed by atoms with Crippen molar-refractivity contribution in [3.05, 3.63) is 42.2 Å². The van der Waals surface area contributed by atoms with E-state index in [-0.39, 0.29) is 12.5 Å². The molecule has 0 aliphatic carbocycles. The first kappa shape index (κ1) is 14.6. The standard InChI is InChI=1S/C14H15N3O4/c1-20-12-5-3-10(4-6-12)14(19)16-11-7-15-17(8-11)9-13(18)21-2/h3-8H,9H2,1-2H3,(H,16,19). The number of carbonyl (C=O) groups excluding carboxylic acids is 2. The van der Waals surface area contributed by atoms with Crippen LogP contribution in [0.15, 0.2) is 36.7 Å². The van der Waals surface area contributed by atoms with Gasteiger partial charge in [-0.05, 0) is 24.3 Å². The second kappa shape index (κ2) is 6.56. The molecule has 0 radical (unpaired) electrons. The molecule has 7 nitrogen and oxygen atoms in total. The van der Waals surface area contributed by atoms with Gasteiger partial charge in [0.1, 0.15) is 12.3 Å². The third-order valence-corrected chi connectivity index (χ3v) is 2.76. The number of rotatable bonds is 5. The van der Waals surface area contributed by atoms with Crippen molar-refractivity contribution in [1.82, 2.24) is 9.78 Å². The lowest BCUT2D eigenvalue weighted by Gasteiger charge is -2.04. The topological polar surface area (TPSA) is 82.5 Å². The quantitative estimate of drug-likeness (QED) is 0.839. The van der Waals surface area contributed by atoms with Gasteiger partial charge < -0.3 is 14.8 Å². The number of benzene rings is 1. The molecule has 0 bridgehead atoms. The summed E-state index contributed by atoms with van der Waals surface area (Å²) >= 11 is 0. The highest BCUT2D eigenvalue weighted by molar-refractivity contribution is 6.04. The van der Waals surface area contributed by atoms with E-state index in [1.807, 2.05) is 0 Å². The molecule has 0 aliphatic heterocycles. The molecule has 1 aromatic carbocycles. The van der Waals surface area contributed by atoms with Crippen LogP contribution in [0.25, 0.3) is 0 Å². The van der Waals surface area contributed by atoms with Crippen LogP contribution in [0.4, 0.5) is 5.69 Å². The molecule has 1 N–H and O–H groups in total. The Morgan fingerprint density at radius 1 is 1.24 bits per heavy atom. The van der Waals surface area contributed by atoms with Gasteiger partial charge in [-0.1, -0.05) is 0 Å². The first-order chi connectivity index (χ1) is 10.1. The van der Waals surface area contributed by atoms with Crippen LogP contribution in [-0.4, -0.2) is 35.9 Å². The zero-order valence-corrected chi connectivity index (χ0v) is 11.7. The van der Waals surface area contributed by atoms with Gasteiger partial charge in [0.25, 0.3) is 5.91 Å². The van der Waals surface area contributed by atoms with Crippen LogP contribution in [-0.2, 0) is 16.1 Å². The van der Waals surface area contributed by atoms with Gasteiger partial charge in [-0.25, -0.2) is 0 Å². The largest absolute Gasteiger partial charge is 0.497 e. The number of nitrogens with one attached hydrogen (secondary N) is 1. The molecule has 110 valence electrons. The van der Waals surface area contributed by atoms with Crippen LogP contribution in [0.1, 0.15) is 10.4 Å². The highest BCUT2D eigenvalue weighted by atomic mass is 16.5. The molecule has 2 rings (SSSR count). The molecule has 0 saturated heterocycles. The second-order valence-corrected chi connectivity index (χ2v) is 4.19. The Morgan fingerprint density at radius 3 is 2.57 bits per heavy atom. The van der Waals surface area contributed by atoms with Crippen LogP contribution in [0.2, 0.25) is 0 Å². The zero-order valence-electron chi connectivity index (χ0n) is 11.7. The van der Waals surface area contributed by atoms with Gasteiger partial charge in [0.15, 0.2) is 0 Å². The van der Waals surface area contributed by atoms with Gasteiger partial charge in [0.2, 0.25) is 0 Å². The molecule has 21 heavy (non-hydrogen) atoms. The number of methoxy groups -OCH3 is 2. The highest BCUT2D eigenvalue weighted by Gasteiger charge is 2.09. The Labute approximate surface area is 121 Å². The smallest absolute Gasteiger partial charge is 0.327 e. The molecule has 0 atom stereocenters. The van der Waals surface area contributed by atoms with E-state index in [1.54, 1.807) is 37.6 Å². The lowest BCUT2D eigenvalue weighted by atomic mass is 10.2. The van der Waals surface area contributed by atoms with E-state index in [4.69, 9.17) is 4.74 Å². The summed E-state index contributed by atoms with van der Waals surface area (Å²) in [5.74, 6) is -0.00107. The Morgan fingerprint density at radius 2 is 1.95 bits per heavy atom. The molecule has 0 spiro atoms. The van der Waals surface area contributed by atoms with Crippen LogP contribution in [0.3, 0.4) is 0 Å². The zero-order chi connectivity index (χ0) is 15.2. The second-order valence-electron chi connectivity index (χ2n) is 4.19. The van der Waals surface area contributed by atoms with Gasteiger partial charge in [-0.15, -0.1) is 0 Å². The summed E-state index contributed by atoms with van der Waals surface area (Å²) in [6, 6.07) is 6.73. The number of hydrogen-bond acceptors (Lipinski definition) is 5. The molecule has 0 saturated carbocycles. The molecule has 7 heteroatoms. The van der Waals surface area contributed by atoms with E-state index in [0.717, 1.165) is 0 Å². The predicted molar refractivity (Wildman–Crippen MR) is 75.2 cm³/mol. The van der Waals surface area contributed by atoms with E-state index in [1.165, 1.54) is 18.0 Å². The van der Waals surface area contributed by atoms with Crippen molar-refractivity contribution in [3.8, 4) is 5.75 Å². The number of anilines is 1. The lowest BCUT2D eigenvalue weighted by molar-refractivity contribution is -0.141. The average Bonchev–Trinajstić information content (AvgIpc) is 2.94. The van der Waals surface area contributed by atoms with E-state index < -0.39 is 5.97 Å². The van der Waals surface area contributed by atoms with Crippen molar-refractivity contribution in [2.24, 2.45) is 0 Å². The van der Waals surface area contributed by atoms with E-state index in [9.17, 15) is 9.59 Å². The van der Waals surface area contributed by atoms with Gasteiger partial charge in [-0.3, -0.25) is 14.3 Å².